The van der Waals surface area contributed by atoms with Crippen LogP contribution in [0.2, 0.25) is 10.0 Å². The van der Waals surface area contributed by atoms with Crippen LogP contribution in [0.15, 0.2) is 59.1 Å². The van der Waals surface area contributed by atoms with E-state index >= 15 is 0 Å². The topological polar surface area (TPSA) is 81.9 Å². The van der Waals surface area contributed by atoms with Crippen LogP contribution >= 0.6 is 46.3 Å². The number of hydrogen-bond acceptors (Lipinski definition) is 7. The summed E-state index contributed by atoms with van der Waals surface area (Å²) in [5.74, 6) is 1.12. The summed E-state index contributed by atoms with van der Waals surface area (Å²) >= 11 is 14.8. The van der Waals surface area contributed by atoms with E-state index in [2.05, 4.69) is 20.5 Å². The van der Waals surface area contributed by atoms with Crippen molar-refractivity contribution in [2.45, 2.75) is 25.2 Å². The zero-order valence-corrected chi connectivity index (χ0v) is 20.6. The summed E-state index contributed by atoms with van der Waals surface area (Å²) in [5.41, 5.74) is 1.84. The molecule has 4 aromatic rings. The quantitative estimate of drug-likeness (QED) is 0.271. The number of hydrogen-bond donors (Lipinski definition) is 1. The molecule has 4 rings (SSSR count). The van der Waals surface area contributed by atoms with E-state index in [-0.39, 0.29) is 18.3 Å². The number of aromatic nitrogens is 4. The SMILES string of the molecule is CCn1c(COc2cc(Cl)ccc2Cl)nnc1SCC(=O)Nc1nc(-c2ccccc2)cs1. The first-order valence-corrected chi connectivity index (χ1v) is 12.6. The second-order valence-corrected chi connectivity index (χ2v) is 9.39. The molecule has 0 spiro atoms. The first-order chi connectivity index (χ1) is 16.0. The molecule has 1 amide bonds. The van der Waals surface area contributed by atoms with Crippen molar-refractivity contribution in [1.82, 2.24) is 19.7 Å². The van der Waals surface area contributed by atoms with Gasteiger partial charge >= 0.3 is 0 Å². The maximum absolute atomic E-state index is 12.4. The third-order valence-electron chi connectivity index (χ3n) is 4.51. The molecular weight excluding hydrogens is 501 g/mol. The van der Waals surface area contributed by atoms with E-state index in [1.165, 1.54) is 23.1 Å². The van der Waals surface area contributed by atoms with Gasteiger partial charge in [-0.2, -0.15) is 0 Å². The summed E-state index contributed by atoms with van der Waals surface area (Å²) in [6.07, 6.45) is 0. The van der Waals surface area contributed by atoms with Crippen LogP contribution in [-0.4, -0.2) is 31.4 Å². The van der Waals surface area contributed by atoms with Crippen molar-refractivity contribution < 1.29 is 9.53 Å². The number of ether oxygens (including phenoxy) is 1. The van der Waals surface area contributed by atoms with E-state index in [9.17, 15) is 4.79 Å². The van der Waals surface area contributed by atoms with Gasteiger partial charge in [-0.3, -0.25) is 4.79 Å². The van der Waals surface area contributed by atoms with Crippen LogP contribution in [0.25, 0.3) is 11.3 Å². The fourth-order valence-electron chi connectivity index (χ4n) is 2.94. The minimum absolute atomic E-state index is 0.164. The van der Waals surface area contributed by atoms with Crippen molar-refractivity contribution in [3.05, 3.63) is 69.8 Å². The van der Waals surface area contributed by atoms with Crippen molar-refractivity contribution >= 4 is 57.3 Å². The Bertz CT molecular complexity index is 1250. The van der Waals surface area contributed by atoms with Gasteiger partial charge in [0.2, 0.25) is 5.91 Å². The summed E-state index contributed by atoms with van der Waals surface area (Å²) in [7, 11) is 0. The Morgan fingerprint density at radius 2 is 2.00 bits per heavy atom. The third kappa shape index (κ3) is 6.05. The average molecular weight is 520 g/mol. The van der Waals surface area contributed by atoms with Crippen LogP contribution in [0, 0.1) is 0 Å². The Morgan fingerprint density at radius 3 is 2.79 bits per heavy atom. The molecule has 11 heteroatoms. The monoisotopic (exact) mass is 519 g/mol. The van der Waals surface area contributed by atoms with E-state index in [0.29, 0.717) is 38.5 Å². The molecule has 2 aromatic heterocycles. The normalized spacial score (nSPS) is 10.9. The van der Waals surface area contributed by atoms with Gasteiger partial charge in [0.25, 0.3) is 0 Å². The highest BCUT2D eigenvalue weighted by atomic mass is 35.5. The molecule has 2 aromatic carbocycles. The van der Waals surface area contributed by atoms with Crippen molar-refractivity contribution in [2.75, 3.05) is 11.1 Å². The largest absolute Gasteiger partial charge is 0.484 e. The molecule has 0 atom stereocenters. The molecule has 0 aliphatic heterocycles. The minimum Gasteiger partial charge on any atom is -0.484 e. The molecule has 0 aliphatic rings. The van der Waals surface area contributed by atoms with Crippen molar-refractivity contribution in [3.8, 4) is 17.0 Å². The Labute approximate surface area is 209 Å². The van der Waals surface area contributed by atoms with Gasteiger partial charge in [0, 0.05) is 28.6 Å². The van der Waals surface area contributed by atoms with E-state index in [1.54, 1.807) is 18.2 Å². The van der Waals surface area contributed by atoms with Crippen LogP contribution in [0.1, 0.15) is 12.7 Å². The molecular formula is C22H19Cl2N5O2S2. The van der Waals surface area contributed by atoms with Gasteiger partial charge in [0.1, 0.15) is 12.4 Å². The number of anilines is 1. The first-order valence-electron chi connectivity index (χ1n) is 9.97. The number of nitrogens with zero attached hydrogens (tertiary/aromatic N) is 4. The summed E-state index contributed by atoms with van der Waals surface area (Å²) in [5, 5.41) is 15.4. The number of amides is 1. The zero-order valence-electron chi connectivity index (χ0n) is 17.5. The lowest BCUT2D eigenvalue weighted by molar-refractivity contribution is -0.113. The molecule has 7 nitrogen and oxygen atoms in total. The first kappa shape index (κ1) is 23.6. The third-order valence-corrected chi connectivity index (χ3v) is 6.78. The summed E-state index contributed by atoms with van der Waals surface area (Å²) in [4.78, 5) is 16.9. The van der Waals surface area contributed by atoms with Gasteiger partial charge in [-0.05, 0) is 19.1 Å². The highest BCUT2D eigenvalue weighted by Gasteiger charge is 2.15. The Kier molecular flexibility index (Phi) is 7.87. The summed E-state index contributed by atoms with van der Waals surface area (Å²) in [6.45, 7) is 2.78. The van der Waals surface area contributed by atoms with Crippen molar-refractivity contribution in [3.63, 3.8) is 0 Å². The molecule has 0 aliphatic carbocycles. The number of thiazole rings is 1. The minimum atomic E-state index is -0.164. The lowest BCUT2D eigenvalue weighted by atomic mass is 10.2. The molecule has 170 valence electrons. The number of carbonyl (C=O) groups excluding carboxylic acids is 1. The predicted molar refractivity (Wildman–Crippen MR) is 133 cm³/mol. The second kappa shape index (κ2) is 11.0. The van der Waals surface area contributed by atoms with Gasteiger partial charge < -0.3 is 14.6 Å². The molecule has 33 heavy (non-hydrogen) atoms. The molecule has 2 heterocycles. The number of nitrogens with one attached hydrogen (secondary N) is 1. The lowest BCUT2D eigenvalue weighted by Crippen LogP contribution is -2.14. The summed E-state index contributed by atoms with van der Waals surface area (Å²) in [6, 6.07) is 14.8. The highest BCUT2D eigenvalue weighted by Crippen LogP contribution is 2.29. The van der Waals surface area contributed by atoms with Gasteiger partial charge in [0.15, 0.2) is 16.1 Å². The maximum atomic E-state index is 12.4. The van der Waals surface area contributed by atoms with Crippen LogP contribution in [0.4, 0.5) is 5.13 Å². The fraction of sp³-hybridized carbons (Fsp3) is 0.182. The second-order valence-electron chi connectivity index (χ2n) is 6.75. The number of thioether (sulfide) groups is 1. The molecule has 0 saturated carbocycles. The highest BCUT2D eigenvalue weighted by molar-refractivity contribution is 7.99. The van der Waals surface area contributed by atoms with Gasteiger partial charge in [-0.1, -0.05) is 65.3 Å². The van der Waals surface area contributed by atoms with E-state index in [0.717, 1.165) is 11.3 Å². The number of benzene rings is 2. The smallest absolute Gasteiger partial charge is 0.236 e. The lowest BCUT2D eigenvalue weighted by Gasteiger charge is -2.10. The number of halogens is 2. The van der Waals surface area contributed by atoms with Crippen LogP contribution in [-0.2, 0) is 17.9 Å². The van der Waals surface area contributed by atoms with E-state index in [4.69, 9.17) is 27.9 Å². The van der Waals surface area contributed by atoms with Crippen LogP contribution < -0.4 is 10.1 Å². The fourth-order valence-corrected chi connectivity index (χ4v) is 4.83. The van der Waals surface area contributed by atoms with E-state index < -0.39 is 0 Å². The van der Waals surface area contributed by atoms with E-state index in [1.807, 2.05) is 47.2 Å². The Hall–Kier alpha value is -2.59. The van der Waals surface area contributed by atoms with Crippen LogP contribution in [0.3, 0.4) is 0 Å². The maximum Gasteiger partial charge on any atom is 0.236 e. The number of rotatable bonds is 9. The molecule has 1 N–H and O–H groups in total. The van der Waals surface area contributed by atoms with Crippen molar-refractivity contribution in [2.24, 2.45) is 0 Å². The van der Waals surface area contributed by atoms with Crippen molar-refractivity contribution in [1.29, 1.82) is 0 Å². The number of carbonyl (C=O) groups is 1. The molecule has 0 fully saturated rings. The van der Waals surface area contributed by atoms with Crippen LogP contribution in [0.5, 0.6) is 5.75 Å². The van der Waals surface area contributed by atoms with Gasteiger partial charge in [-0.15, -0.1) is 21.5 Å². The Morgan fingerprint density at radius 1 is 1.18 bits per heavy atom. The molecule has 0 saturated heterocycles. The average Bonchev–Trinajstić information content (AvgIpc) is 3.45. The molecule has 0 bridgehead atoms. The summed E-state index contributed by atoms with van der Waals surface area (Å²) < 4.78 is 7.66. The predicted octanol–water partition coefficient (Wildman–Crippen LogP) is 6.04. The van der Waals surface area contributed by atoms with Gasteiger partial charge in [0.05, 0.1) is 16.5 Å². The molecule has 0 radical (unpaired) electrons. The zero-order chi connectivity index (χ0) is 23.2. The molecule has 0 unspecified atom stereocenters. The standard InChI is InChI=1S/C22H19Cl2N5O2S2/c1-2-29-19(11-31-18-10-15(23)8-9-16(18)24)27-28-22(29)33-13-20(30)26-21-25-17(12-32-21)14-6-4-3-5-7-14/h3-10,12H,2,11,13H2,1H3,(H,25,26,30). The van der Waals surface area contributed by atoms with Gasteiger partial charge in [-0.25, -0.2) is 4.98 Å². The Balaban J connectivity index is 1.34.